The molecule has 144 valence electrons. The molecule has 2 aromatic rings. The van der Waals surface area contributed by atoms with E-state index in [1.807, 2.05) is 0 Å². The Morgan fingerprint density at radius 1 is 1.44 bits per heavy atom. The maximum Gasteiger partial charge on any atom is 0.226 e. The van der Waals surface area contributed by atoms with E-state index in [9.17, 15) is 13.7 Å². The minimum Gasteiger partial charge on any atom is -0.395 e. The Balaban J connectivity index is 1.91. The maximum atomic E-state index is 11.7. The second-order valence-electron chi connectivity index (χ2n) is 6.25. The van der Waals surface area contributed by atoms with Gasteiger partial charge in [-0.15, -0.1) is 0 Å². The van der Waals surface area contributed by atoms with Gasteiger partial charge in [-0.1, -0.05) is 0 Å². The van der Waals surface area contributed by atoms with E-state index in [1.165, 1.54) is 15.3 Å². The first-order valence-corrected chi connectivity index (χ1v) is 9.86. The quantitative estimate of drug-likeness (QED) is 0.507. The summed E-state index contributed by atoms with van der Waals surface area (Å²) in [4.78, 5) is 12.3. The lowest BCUT2D eigenvalue weighted by Crippen LogP contribution is -2.63. The molecule has 3 rings (SSSR count). The number of nitriles is 1. The van der Waals surface area contributed by atoms with Crippen molar-refractivity contribution in [2.75, 3.05) is 43.5 Å². The lowest BCUT2D eigenvalue weighted by atomic mass is 9.89. The zero-order valence-corrected chi connectivity index (χ0v) is 15.4. The lowest BCUT2D eigenvalue weighted by molar-refractivity contribution is 0.0727. The molecule has 13 heteroatoms. The first-order valence-electron chi connectivity index (χ1n) is 8.01. The number of aliphatic hydroxyl groups is 1. The normalized spacial score (nSPS) is 16.5. The Bertz CT molecular complexity index is 976. The molecule has 0 radical (unpaired) electrons. The van der Waals surface area contributed by atoms with E-state index in [1.54, 1.807) is 6.20 Å². The Hall–Kier alpha value is -2.82. The van der Waals surface area contributed by atoms with Crippen LogP contribution in [0.2, 0.25) is 0 Å². The molecule has 0 atom stereocenters. The molecule has 27 heavy (non-hydrogen) atoms. The van der Waals surface area contributed by atoms with Crippen molar-refractivity contribution in [3.8, 4) is 17.5 Å². The van der Waals surface area contributed by atoms with Gasteiger partial charge in [0.15, 0.2) is 11.6 Å². The molecular formula is C14H19N9O3S. The van der Waals surface area contributed by atoms with Crippen molar-refractivity contribution in [2.24, 2.45) is 0 Å². The number of aromatic nitrogens is 5. The second kappa shape index (κ2) is 7.06. The smallest absolute Gasteiger partial charge is 0.226 e. The number of anilines is 2. The van der Waals surface area contributed by atoms with Crippen LogP contribution >= 0.6 is 0 Å². The minimum atomic E-state index is -3.34. The van der Waals surface area contributed by atoms with Crippen LogP contribution in [0.25, 0.3) is 11.4 Å². The second-order valence-corrected chi connectivity index (χ2v) is 8.23. The van der Waals surface area contributed by atoms with Gasteiger partial charge in [0.2, 0.25) is 16.0 Å². The maximum absolute atomic E-state index is 11.7. The highest BCUT2D eigenvalue weighted by Crippen LogP contribution is 2.36. The molecule has 4 N–H and O–H groups in total. The molecule has 0 aliphatic carbocycles. The number of aliphatic hydroxyl groups excluding tert-OH is 1. The van der Waals surface area contributed by atoms with Crippen LogP contribution in [-0.2, 0) is 15.6 Å². The van der Waals surface area contributed by atoms with Gasteiger partial charge in [0.05, 0.1) is 30.9 Å². The fraction of sp³-hybridized carbons (Fsp3) is 0.500. The standard InChI is InChI=1S/C14H19N9O3S/c1-27(25,26)22-7-14(8-22,2-3-15)23-6-10(11(16)21-23)12-18-9-19-13(20-12)17-4-5-24/h6,9,24H,2,4-5,7-8H2,1H3,(H2,16,21)(H,17,18,19,20). The van der Waals surface area contributed by atoms with Crippen molar-refractivity contribution in [1.82, 2.24) is 29.0 Å². The van der Waals surface area contributed by atoms with Crippen molar-refractivity contribution in [1.29, 1.82) is 5.26 Å². The molecule has 12 nitrogen and oxygen atoms in total. The van der Waals surface area contributed by atoms with Crippen molar-refractivity contribution in [3.63, 3.8) is 0 Å². The monoisotopic (exact) mass is 393 g/mol. The van der Waals surface area contributed by atoms with Crippen molar-refractivity contribution >= 4 is 21.8 Å². The number of nitrogens with two attached hydrogens (primary N) is 1. The summed E-state index contributed by atoms with van der Waals surface area (Å²) < 4.78 is 26.2. The van der Waals surface area contributed by atoms with Gasteiger partial charge in [-0.05, 0) is 0 Å². The number of rotatable bonds is 7. The highest BCUT2D eigenvalue weighted by molar-refractivity contribution is 7.88. The highest BCUT2D eigenvalue weighted by atomic mass is 32.2. The van der Waals surface area contributed by atoms with Crippen LogP contribution in [0.4, 0.5) is 11.8 Å². The van der Waals surface area contributed by atoms with E-state index in [0.717, 1.165) is 6.26 Å². The topological polar surface area (TPSA) is 176 Å². The SMILES string of the molecule is CS(=O)(=O)N1CC(CC#N)(n2cc(-c3ncnc(NCCO)n3)c(N)n2)C1. The van der Waals surface area contributed by atoms with E-state index in [4.69, 9.17) is 10.8 Å². The van der Waals surface area contributed by atoms with Crippen LogP contribution in [0.1, 0.15) is 6.42 Å². The van der Waals surface area contributed by atoms with E-state index >= 15 is 0 Å². The fourth-order valence-electron chi connectivity index (χ4n) is 2.81. The third kappa shape index (κ3) is 3.68. The van der Waals surface area contributed by atoms with Gasteiger partial charge in [-0.25, -0.2) is 18.4 Å². The van der Waals surface area contributed by atoms with E-state index in [0.29, 0.717) is 5.56 Å². The summed E-state index contributed by atoms with van der Waals surface area (Å²) in [6.45, 7) is 0.486. The molecule has 0 bridgehead atoms. The summed E-state index contributed by atoms with van der Waals surface area (Å²) in [5.74, 6) is 0.713. The summed E-state index contributed by atoms with van der Waals surface area (Å²) in [7, 11) is -3.34. The average molecular weight is 393 g/mol. The van der Waals surface area contributed by atoms with Crippen molar-refractivity contribution < 1.29 is 13.5 Å². The number of nitrogens with one attached hydrogen (secondary N) is 1. The molecule has 0 spiro atoms. The van der Waals surface area contributed by atoms with Gasteiger partial charge in [0, 0.05) is 25.8 Å². The van der Waals surface area contributed by atoms with E-state index in [-0.39, 0.29) is 50.3 Å². The van der Waals surface area contributed by atoms with Crippen molar-refractivity contribution in [3.05, 3.63) is 12.5 Å². The molecule has 1 fully saturated rings. The van der Waals surface area contributed by atoms with Gasteiger partial charge in [0.25, 0.3) is 0 Å². The highest BCUT2D eigenvalue weighted by Gasteiger charge is 2.49. The zero-order chi connectivity index (χ0) is 19.7. The Labute approximate surface area is 155 Å². The number of hydrogen-bond donors (Lipinski definition) is 3. The fourth-order valence-corrected chi connectivity index (χ4v) is 3.76. The van der Waals surface area contributed by atoms with Crippen LogP contribution in [0, 0.1) is 11.3 Å². The predicted molar refractivity (Wildman–Crippen MR) is 95.7 cm³/mol. The summed E-state index contributed by atoms with van der Waals surface area (Å²) >= 11 is 0. The van der Waals surface area contributed by atoms with Crippen LogP contribution < -0.4 is 11.1 Å². The lowest BCUT2D eigenvalue weighted by Gasteiger charge is -2.47. The predicted octanol–water partition coefficient (Wildman–Crippen LogP) is -1.39. The van der Waals surface area contributed by atoms with Gasteiger partial charge >= 0.3 is 0 Å². The zero-order valence-electron chi connectivity index (χ0n) is 14.6. The summed E-state index contributed by atoms with van der Waals surface area (Å²) in [5, 5.41) is 25.1. The number of sulfonamides is 1. The third-order valence-corrected chi connectivity index (χ3v) is 5.45. The van der Waals surface area contributed by atoms with E-state index in [2.05, 4.69) is 31.4 Å². The minimum absolute atomic E-state index is 0.0748. The molecule has 2 aromatic heterocycles. The molecule has 1 aliphatic rings. The van der Waals surface area contributed by atoms with Crippen LogP contribution in [0.15, 0.2) is 12.5 Å². The van der Waals surface area contributed by atoms with Crippen LogP contribution in [0.3, 0.4) is 0 Å². The molecule has 1 saturated heterocycles. The molecule has 0 amide bonds. The van der Waals surface area contributed by atoms with E-state index < -0.39 is 15.6 Å². The molecule has 0 saturated carbocycles. The van der Waals surface area contributed by atoms with Crippen LogP contribution in [-0.4, -0.2) is 75.1 Å². The largest absolute Gasteiger partial charge is 0.395 e. The molecule has 3 heterocycles. The van der Waals surface area contributed by atoms with Crippen molar-refractivity contribution in [2.45, 2.75) is 12.0 Å². The Morgan fingerprint density at radius 3 is 2.81 bits per heavy atom. The third-order valence-electron chi connectivity index (χ3n) is 4.25. The van der Waals surface area contributed by atoms with Gasteiger partial charge < -0.3 is 16.2 Å². The number of nitrogens with zero attached hydrogens (tertiary/aromatic N) is 7. The van der Waals surface area contributed by atoms with Crippen LogP contribution in [0.5, 0.6) is 0 Å². The molecule has 0 unspecified atom stereocenters. The molecule has 0 aromatic carbocycles. The Kier molecular flexibility index (Phi) is 4.96. The summed E-state index contributed by atoms with van der Waals surface area (Å²) in [6.07, 6.45) is 4.12. The van der Waals surface area contributed by atoms with Gasteiger partial charge in [-0.2, -0.15) is 19.6 Å². The molecule has 1 aliphatic heterocycles. The first-order chi connectivity index (χ1) is 12.8. The van der Waals surface area contributed by atoms with Gasteiger partial charge in [-0.3, -0.25) is 4.68 Å². The summed E-state index contributed by atoms with van der Waals surface area (Å²) in [5.41, 5.74) is 5.67. The summed E-state index contributed by atoms with van der Waals surface area (Å²) in [6, 6.07) is 2.08. The van der Waals surface area contributed by atoms with Gasteiger partial charge in [0.1, 0.15) is 11.9 Å². The first kappa shape index (κ1) is 19.0. The number of nitrogen functional groups attached to an aromatic ring is 1. The Morgan fingerprint density at radius 2 is 2.19 bits per heavy atom. The number of hydrogen-bond acceptors (Lipinski definition) is 10. The molecular weight excluding hydrogens is 374 g/mol. The average Bonchev–Trinajstić information content (AvgIpc) is 2.97.